The normalized spacial score (nSPS) is 14.9. The van der Waals surface area contributed by atoms with Crippen molar-refractivity contribution in [2.75, 3.05) is 12.0 Å². The molecule has 2 atom stereocenters. The lowest BCUT2D eigenvalue weighted by Crippen LogP contribution is -2.22. The Morgan fingerprint density at radius 1 is 1.21 bits per heavy atom. The maximum atomic E-state index is 9.49. The molecule has 2 unspecified atom stereocenters. The van der Waals surface area contributed by atoms with E-state index in [1.807, 2.05) is 0 Å². The first kappa shape index (κ1) is 10.9. The fraction of sp³-hybridized carbons (Fsp3) is 0.333. The van der Waals surface area contributed by atoms with Gasteiger partial charge in [0, 0.05) is 5.69 Å². The fourth-order valence-electron chi connectivity index (χ4n) is 1.10. The van der Waals surface area contributed by atoms with Gasteiger partial charge in [0.25, 0.3) is 0 Å². The van der Waals surface area contributed by atoms with E-state index in [0.717, 1.165) is 0 Å². The van der Waals surface area contributed by atoms with Crippen LogP contribution in [0.4, 0.5) is 5.69 Å². The second-order valence-corrected chi connectivity index (χ2v) is 2.96. The summed E-state index contributed by atoms with van der Waals surface area (Å²) < 4.78 is 0. The minimum absolute atomic E-state index is 0.474. The number of hydrogen-bond donors (Lipinski definition) is 5. The molecule has 14 heavy (non-hydrogen) atoms. The maximum absolute atomic E-state index is 9.49. The minimum Gasteiger partial charge on any atom is -0.394 e. The number of hydrogen-bond acceptors (Lipinski definition) is 5. The first-order valence-corrected chi connectivity index (χ1v) is 4.22. The summed E-state index contributed by atoms with van der Waals surface area (Å²) in [6, 6.07) is 6.59. The summed E-state index contributed by atoms with van der Waals surface area (Å²) in [6.45, 7) is -0.474. The van der Waals surface area contributed by atoms with Gasteiger partial charge in [-0.1, -0.05) is 12.1 Å². The predicted molar refractivity (Wildman–Crippen MR) is 52.3 cm³/mol. The van der Waals surface area contributed by atoms with Crippen LogP contribution in [0.2, 0.25) is 0 Å². The maximum Gasteiger partial charge on any atom is 0.107 e. The molecule has 5 nitrogen and oxygen atoms in total. The molecule has 1 aromatic carbocycles. The van der Waals surface area contributed by atoms with Crippen LogP contribution in [0.15, 0.2) is 24.3 Å². The summed E-state index contributed by atoms with van der Waals surface area (Å²) in [5.74, 6) is 5.16. The molecule has 0 spiro atoms. The molecule has 1 aromatic rings. The molecule has 0 heterocycles. The highest BCUT2D eigenvalue weighted by Crippen LogP contribution is 2.18. The summed E-state index contributed by atoms with van der Waals surface area (Å²) in [5, 5.41) is 27.3. The molecule has 5 heteroatoms. The average molecular weight is 198 g/mol. The van der Waals surface area contributed by atoms with Gasteiger partial charge in [-0.05, 0) is 17.7 Å². The van der Waals surface area contributed by atoms with Gasteiger partial charge in [-0.2, -0.15) is 0 Å². The zero-order chi connectivity index (χ0) is 10.6. The zero-order valence-electron chi connectivity index (χ0n) is 7.59. The van der Waals surface area contributed by atoms with Crippen LogP contribution >= 0.6 is 0 Å². The van der Waals surface area contributed by atoms with Crippen molar-refractivity contribution in [3.05, 3.63) is 29.8 Å². The first-order chi connectivity index (χ1) is 6.69. The number of hydrazine groups is 1. The molecule has 1 rings (SSSR count). The van der Waals surface area contributed by atoms with Crippen molar-refractivity contribution in [3.8, 4) is 0 Å². The molecule has 0 aliphatic carbocycles. The van der Waals surface area contributed by atoms with E-state index in [1.54, 1.807) is 24.3 Å². The third kappa shape index (κ3) is 2.43. The third-order valence-corrected chi connectivity index (χ3v) is 1.97. The number of aliphatic hydroxyl groups is 3. The molecule has 0 fully saturated rings. The van der Waals surface area contributed by atoms with Crippen LogP contribution in [0.1, 0.15) is 11.7 Å². The lowest BCUT2D eigenvalue weighted by molar-refractivity contribution is -0.0152. The molecule has 0 amide bonds. The van der Waals surface area contributed by atoms with Crippen LogP contribution in [0, 0.1) is 0 Å². The second-order valence-electron chi connectivity index (χ2n) is 2.96. The van der Waals surface area contributed by atoms with Crippen LogP contribution in [0.3, 0.4) is 0 Å². The van der Waals surface area contributed by atoms with Crippen molar-refractivity contribution in [1.82, 2.24) is 0 Å². The highest BCUT2D eigenvalue weighted by Gasteiger charge is 2.16. The SMILES string of the molecule is NNc1ccc(C(O)C(O)CO)cc1. The van der Waals surface area contributed by atoms with Crippen LogP contribution in [0.5, 0.6) is 0 Å². The Morgan fingerprint density at radius 2 is 1.79 bits per heavy atom. The molecule has 0 aliphatic heterocycles. The Hall–Kier alpha value is -1.14. The lowest BCUT2D eigenvalue weighted by atomic mass is 10.0. The van der Waals surface area contributed by atoms with Gasteiger partial charge >= 0.3 is 0 Å². The Morgan fingerprint density at radius 3 is 2.21 bits per heavy atom. The highest BCUT2D eigenvalue weighted by molar-refractivity contribution is 5.43. The Bertz CT molecular complexity index is 276. The summed E-state index contributed by atoms with van der Waals surface area (Å²) >= 11 is 0. The van der Waals surface area contributed by atoms with Crippen molar-refractivity contribution in [3.63, 3.8) is 0 Å². The van der Waals surface area contributed by atoms with E-state index in [4.69, 9.17) is 16.1 Å². The van der Waals surface area contributed by atoms with E-state index in [-0.39, 0.29) is 0 Å². The Kier molecular flexibility index (Phi) is 3.84. The molecule has 0 aliphatic rings. The quantitative estimate of drug-likeness (QED) is 0.327. The Balaban J connectivity index is 2.75. The third-order valence-electron chi connectivity index (χ3n) is 1.97. The number of anilines is 1. The van der Waals surface area contributed by atoms with Crippen LogP contribution in [0.25, 0.3) is 0 Å². The molecule has 0 radical (unpaired) electrons. The highest BCUT2D eigenvalue weighted by atomic mass is 16.4. The van der Waals surface area contributed by atoms with Gasteiger partial charge in [0.15, 0.2) is 0 Å². The molecule has 6 N–H and O–H groups in total. The topological polar surface area (TPSA) is 98.7 Å². The second kappa shape index (κ2) is 4.92. The van der Waals surface area contributed by atoms with Crippen molar-refractivity contribution >= 4 is 5.69 Å². The Labute approximate surface area is 81.8 Å². The van der Waals surface area contributed by atoms with Gasteiger partial charge in [-0.3, -0.25) is 5.84 Å². The lowest BCUT2D eigenvalue weighted by Gasteiger charge is -2.15. The van der Waals surface area contributed by atoms with Gasteiger partial charge in [0.2, 0.25) is 0 Å². The van der Waals surface area contributed by atoms with Crippen molar-refractivity contribution in [2.24, 2.45) is 5.84 Å². The summed E-state index contributed by atoms with van der Waals surface area (Å²) in [6.07, 6.45) is -2.24. The van der Waals surface area contributed by atoms with Crippen molar-refractivity contribution in [1.29, 1.82) is 0 Å². The van der Waals surface area contributed by atoms with Crippen molar-refractivity contribution < 1.29 is 15.3 Å². The summed E-state index contributed by atoms with van der Waals surface area (Å²) in [7, 11) is 0. The smallest absolute Gasteiger partial charge is 0.107 e. The fourth-order valence-corrected chi connectivity index (χ4v) is 1.10. The molecular weight excluding hydrogens is 184 g/mol. The number of benzene rings is 1. The zero-order valence-corrected chi connectivity index (χ0v) is 7.59. The van der Waals surface area contributed by atoms with E-state index in [2.05, 4.69) is 5.43 Å². The van der Waals surface area contributed by atoms with Gasteiger partial charge in [-0.15, -0.1) is 0 Å². The van der Waals surface area contributed by atoms with E-state index in [0.29, 0.717) is 11.3 Å². The van der Waals surface area contributed by atoms with Crippen molar-refractivity contribution in [2.45, 2.75) is 12.2 Å². The molecule has 0 saturated carbocycles. The number of nitrogens with two attached hydrogens (primary N) is 1. The molecular formula is C9H14N2O3. The largest absolute Gasteiger partial charge is 0.394 e. The number of nitrogen functional groups attached to an aromatic ring is 1. The van der Waals surface area contributed by atoms with Gasteiger partial charge in [0.05, 0.1) is 6.61 Å². The molecule has 0 aromatic heterocycles. The van der Waals surface area contributed by atoms with E-state index in [9.17, 15) is 5.11 Å². The minimum atomic E-state index is -1.16. The number of rotatable bonds is 4. The number of aliphatic hydroxyl groups excluding tert-OH is 3. The molecule has 0 bridgehead atoms. The predicted octanol–water partition coefficient (Wildman–Crippen LogP) is -0.641. The van der Waals surface area contributed by atoms with Gasteiger partial charge < -0.3 is 20.7 Å². The summed E-state index contributed by atoms with van der Waals surface area (Å²) in [5.41, 5.74) is 3.68. The van der Waals surface area contributed by atoms with Crippen LogP contribution < -0.4 is 11.3 Å². The van der Waals surface area contributed by atoms with Gasteiger partial charge in [-0.25, -0.2) is 0 Å². The van der Waals surface area contributed by atoms with E-state index >= 15 is 0 Å². The first-order valence-electron chi connectivity index (χ1n) is 4.22. The monoisotopic (exact) mass is 198 g/mol. The number of nitrogens with one attached hydrogen (secondary N) is 1. The van der Waals surface area contributed by atoms with E-state index < -0.39 is 18.8 Å². The standard InChI is InChI=1S/C9H14N2O3/c10-11-7-3-1-6(2-4-7)9(14)8(13)5-12/h1-4,8-9,11-14H,5,10H2. The average Bonchev–Trinajstić information content (AvgIpc) is 2.27. The molecule has 78 valence electrons. The van der Waals surface area contributed by atoms with E-state index in [1.165, 1.54) is 0 Å². The molecule has 0 saturated heterocycles. The van der Waals surface area contributed by atoms with Crippen LogP contribution in [-0.2, 0) is 0 Å². The van der Waals surface area contributed by atoms with Gasteiger partial charge in [0.1, 0.15) is 12.2 Å². The summed E-state index contributed by atoms with van der Waals surface area (Å²) in [4.78, 5) is 0. The van der Waals surface area contributed by atoms with Crippen LogP contribution in [-0.4, -0.2) is 28.0 Å².